The van der Waals surface area contributed by atoms with E-state index in [4.69, 9.17) is 9.05 Å². The van der Waals surface area contributed by atoms with E-state index in [-0.39, 0.29) is 5.41 Å². The van der Waals surface area contributed by atoms with Gasteiger partial charge in [-0.15, -0.1) is 0 Å². The minimum Gasteiger partial charge on any atom is -0.193 e. The standard InChI is InChI=1S/C7H16O3P/c1-4-7(2)5-9-11(3,8)10-6-7/h8H,4-6H2,1-3H3/q+1. The summed E-state index contributed by atoms with van der Waals surface area (Å²) >= 11 is 0. The van der Waals surface area contributed by atoms with Crippen molar-refractivity contribution in [2.75, 3.05) is 19.9 Å². The Kier molecular flexibility index (Phi) is 2.55. The van der Waals surface area contributed by atoms with E-state index < -0.39 is 7.94 Å². The summed E-state index contributed by atoms with van der Waals surface area (Å²) < 4.78 is 10.4. The molecule has 1 saturated heterocycles. The maximum Gasteiger partial charge on any atom is 0.405 e. The molecule has 0 saturated carbocycles. The van der Waals surface area contributed by atoms with Crippen LogP contribution in [0.5, 0.6) is 0 Å². The maximum absolute atomic E-state index is 9.37. The van der Waals surface area contributed by atoms with Crippen LogP contribution in [0, 0.1) is 5.41 Å². The summed E-state index contributed by atoms with van der Waals surface area (Å²) in [7, 11) is -2.43. The van der Waals surface area contributed by atoms with Crippen LogP contribution in [0.1, 0.15) is 20.3 Å². The molecule has 0 aromatic carbocycles. The molecule has 0 unspecified atom stereocenters. The first kappa shape index (κ1) is 9.40. The van der Waals surface area contributed by atoms with Gasteiger partial charge in [0.1, 0.15) is 19.9 Å². The highest BCUT2D eigenvalue weighted by Crippen LogP contribution is 2.58. The second-order valence-electron chi connectivity index (χ2n) is 3.51. The quantitative estimate of drug-likeness (QED) is 0.624. The van der Waals surface area contributed by atoms with E-state index in [0.717, 1.165) is 6.42 Å². The fourth-order valence-corrected chi connectivity index (χ4v) is 2.01. The summed E-state index contributed by atoms with van der Waals surface area (Å²) in [5.74, 6) is 0. The average Bonchev–Trinajstić information content (AvgIpc) is 1.97. The molecule has 0 aromatic rings. The van der Waals surface area contributed by atoms with Crippen molar-refractivity contribution in [3.05, 3.63) is 0 Å². The highest BCUT2D eigenvalue weighted by molar-refractivity contribution is 7.59. The summed E-state index contributed by atoms with van der Waals surface area (Å²) in [6.45, 7) is 7.06. The summed E-state index contributed by atoms with van der Waals surface area (Å²) in [6, 6.07) is 0. The molecule has 0 aromatic heterocycles. The Labute approximate surface area is 68.3 Å². The predicted octanol–water partition coefficient (Wildman–Crippen LogP) is 1.83. The van der Waals surface area contributed by atoms with Gasteiger partial charge in [-0.3, -0.25) is 0 Å². The third-order valence-electron chi connectivity index (χ3n) is 2.16. The van der Waals surface area contributed by atoms with E-state index >= 15 is 0 Å². The second-order valence-corrected chi connectivity index (χ2v) is 5.64. The van der Waals surface area contributed by atoms with Crippen molar-refractivity contribution in [2.24, 2.45) is 5.41 Å². The SMILES string of the molecule is CCC1(C)CO[P+](C)(O)OC1. The van der Waals surface area contributed by atoms with Crippen LogP contribution < -0.4 is 0 Å². The Hall–Kier alpha value is 0.310. The summed E-state index contributed by atoms with van der Waals surface area (Å²) in [6.07, 6.45) is 1.02. The van der Waals surface area contributed by atoms with Crippen LogP contribution >= 0.6 is 7.94 Å². The minimum atomic E-state index is -2.43. The lowest BCUT2D eigenvalue weighted by Crippen LogP contribution is -2.33. The molecule has 0 aliphatic carbocycles. The lowest BCUT2D eigenvalue weighted by atomic mass is 9.90. The van der Waals surface area contributed by atoms with E-state index in [2.05, 4.69) is 13.8 Å². The third-order valence-corrected chi connectivity index (χ3v) is 3.38. The summed E-state index contributed by atoms with van der Waals surface area (Å²) in [5.41, 5.74) is 0.0994. The van der Waals surface area contributed by atoms with Gasteiger partial charge in [0.25, 0.3) is 0 Å². The average molecular weight is 179 g/mol. The zero-order valence-corrected chi connectivity index (χ0v) is 8.23. The van der Waals surface area contributed by atoms with Crippen LogP contribution in [-0.2, 0) is 9.05 Å². The smallest absolute Gasteiger partial charge is 0.193 e. The molecule has 0 atom stereocenters. The van der Waals surface area contributed by atoms with Gasteiger partial charge < -0.3 is 0 Å². The van der Waals surface area contributed by atoms with Gasteiger partial charge in [0, 0.05) is 5.41 Å². The first-order valence-electron chi connectivity index (χ1n) is 3.86. The Bertz CT molecular complexity index is 137. The molecule has 1 rings (SSSR count). The van der Waals surface area contributed by atoms with Crippen molar-refractivity contribution in [2.45, 2.75) is 20.3 Å². The molecule has 11 heavy (non-hydrogen) atoms. The molecule has 1 aliphatic heterocycles. The molecule has 0 spiro atoms. The van der Waals surface area contributed by atoms with Crippen molar-refractivity contribution in [1.29, 1.82) is 0 Å². The van der Waals surface area contributed by atoms with Crippen molar-refractivity contribution in [1.82, 2.24) is 0 Å². The van der Waals surface area contributed by atoms with E-state index in [1.54, 1.807) is 6.66 Å². The fourth-order valence-electron chi connectivity index (χ4n) is 0.834. The Morgan fingerprint density at radius 2 is 1.91 bits per heavy atom. The highest BCUT2D eigenvalue weighted by Gasteiger charge is 2.44. The molecular formula is C7H16O3P+. The monoisotopic (exact) mass is 179 g/mol. The summed E-state index contributed by atoms with van der Waals surface area (Å²) in [4.78, 5) is 9.37. The molecule has 1 fully saturated rings. The van der Waals surface area contributed by atoms with Gasteiger partial charge in [-0.1, -0.05) is 13.8 Å². The van der Waals surface area contributed by atoms with Crippen LogP contribution in [0.4, 0.5) is 0 Å². The van der Waals surface area contributed by atoms with Crippen LogP contribution in [0.15, 0.2) is 0 Å². The number of rotatable bonds is 1. The molecule has 0 radical (unpaired) electrons. The van der Waals surface area contributed by atoms with Crippen molar-refractivity contribution < 1.29 is 13.9 Å². The molecule has 0 bridgehead atoms. The van der Waals surface area contributed by atoms with Gasteiger partial charge in [-0.2, -0.15) is 13.9 Å². The van der Waals surface area contributed by atoms with E-state index in [0.29, 0.717) is 13.2 Å². The molecule has 1 aliphatic rings. The summed E-state index contributed by atoms with van der Waals surface area (Å²) in [5, 5.41) is 0. The molecule has 1 heterocycles. The lowest BCUT2D eigenvalue weighted by molar-refractivity contribution is 0.0148. The van der Waals surface area contributed by atoms with E-state index in [9.17, 15) is 4.89 Å². The van der Waals surface area contributed by atoms with Crippen LogP contribution in [-0.4, -0.2) is 24.8 Å². The predicted molar refractivity (Wildman–Crippen MR) is 45.4 cm³/mol. The molecule has 1 N–H and O–H groups in total. The number of hydrogen-bond donors (Lipinski definition) is 1. The topological polar surface area (TPSA) is 38.7 Å². The zero-order valence-electron chi connectivity index (χ0n) is 7.33. The second kappa shape index (κ2) is 2.98. The van der Waals surface area contributed by atoms with Crippen molar-refractivity contribution >= 4 is 7.94 Å². The Morgan fingerprint density at radius 1 is 1.45 bits per heavy atom. The molecule has 4 heteroatoms. The van der Waals surface area contributed by atoms with Crippen LogP contribution in [0.2, 0.25) is 0 Å². The molecule has 3 nitrogen and oxygen atoms in total. The fraction of sp³-hybridized carbons (Fsp3) is 1.00. The van der Waals surface area contributed by atoms with Gasteiger partial charge in [0.2, 0.25) is 0 Å². The van der Waals surface area contributed by atoms with E-state index in [1.807, 2.05) is 0 Å². The van der Waals surface area contributed by atoms with Gasteiger partial charge >= 0.3 is 7.94 Å². The van der Waals surface area contributed by atoms with Crippen LogP contribution in [0.25, 0.3) is 0 Å². The first-order chi connectivity index (χ1) is 4.97. The molecular weight excluding hydrogens is 163 g/mol. The minimum absolute atomic E-state index is 0.0994. The lowest BCUT2D eigenvalue weighted by Gasteiger charge is -2.32. The van der Waals surface area contributed by atoms with Gasteiger partial charge in [0.05, 0.1) is 0 Å². The van der Waals surface area contributed by atoms with E-state index in [1.165, 1.54) is 0 Å². The maximum atomic E-state index is 9.37. The van der Waals surface area contributed by atoms with Gasteiger partial charge in [-0.05, 0) is 6.42 Å². The first-order valence-corrected chi connectivity index (χ1v) is 5.88. The highest BCUT2D eigenvalue weighted by atomic mass is 31.2. The van der Waals surface area contributed by atoms with Gasteiger partial charge in [0.15, 0.2) is 0 Å². The van der Waals surface area contributed by atoms with Crippen molar-refractivity contribution in [3.63, 3.8) is 0 Å². The largest absolute Gasteiger partial charge is 0.405 e. The molecule has 66 valence electrons. The third kappa shape index (κ3) is 2.38. The van der Waals surface area contributed by atoms with Gasteiger partial charge in [-0.25, -0.2) is 0 Å². The number of hydrogen-bond acceptors (Lipinski definition) is 3. The normalized spacial score (nSPS) is 45.8. The van der Waals surface area contributed by atoms with Crippen molar-refractivity contribution in [3.8, 4) is 0 Å². The molecule has 0 amide bonds. The van der Waals surface area contributed by atoms with Crippen LogP contribution in [0.3, 0.4) is 0 Å². The Morgan fingerprint density at radius 3 is 2.27 bits per heavy atom. The zero-order chi connectivity index (χ0) is 8.54. The Balaban J connectivity index is 2.48.